The molecule has 1 atom stereocenters. The molecule has 0 radical (unpaired) electrons. The smallest absolute Gasteiger partial charge is 0.126 e. The summed E-state index contributed by atoms with van der Waals surface area (Å²) in [6.45, 7) is 4.35. The molecule has 0 nitrogen and oxygen atoms in total. The maximum Gasteiger partial charge on any atom is 0.126 e. The summed E-state index contributed by atoms with van der Waals surface area (Å²) in [6, 6.07) is 5.95. The molecule has 1 aliphatic carbocycles. The van der Waals surface area contributed by atoms with E-state index in [1.165, 1.54) is 24.0 Å². The van der Waals surface area contributed by atoms with Gasteiger partial charge in [-0.1, -0.05) is 31.5 Å². The SMILES string of the molecule is Cc1cccc2c1CCCC(C)CCC=C2F. The number of allylic oxidation sites excluding steroid dienone is 1. The van der Waals surface area contributed by atoms with Gasteiger partial charge in [0, 0.05) is 5.56 Å². The molecular formula is C16H21F. The zero-order valence-electron chi connectivity index (χ0n) is 10.8. The van der Waals surface area contributed by atoms with E-state index in [1.54, 1.807) is 6.08 Å². The summed E-state index contributed by atoms with van der Waals surface area (Å²) in [4.78, 5) is 0. The molecule has 0 N–H and O–H groups in total. The van der Waals surface area contributed by atoms with Gasteiger partial charge in [0.1, 0.15) is 5.83 Å². The lowest BCUT2D eigenvalue weighted by molar-refractivity contribution is 0.476. The Morgan fingerprint density at radius 3 is 2.88 bits per heavy atom. The first-order chi connectivity index (χ1) is 8.18. The van der Waals surface area contributed by atoms with E-state index >= 15 is 0 Å². The highest BCUT2D eigenvalue weighted by Gasteiger charge is 2.12. The number of hydrogen-bond donors (Lipinski definition) is 0. The highest BCUT2D eigenvalue weighted by atomic mass is 19.1. The molecule has 92 valence electrons. The third-order valence-corrected chi connectivity index (χ3v) is 3.77. The van der Waals surface area contributed by atoms with Crippen LogP contribution in [-0.4, -0.2) is 0 Å². The Labute approximate surface area is 104 Å². The van der Waals surface area contributed by atoms with Crippen LogP contribution in [0.3, 0.4) is 0 Å². The summed E-state index contributed by atoms with van der Waals surface area (Å²) in [5.41, 5.74) is 3.24. The van der Waals surface area contributed by atoms with E-state index in [0.29, 0.717) is 5.92 Å². The van der Waals surface area contributed by atoms with Crippen molar-refractivity contribution in [3.8, 4) is 0 Å². The van der Waals surface area contributed by atoms with Gasteiger partial charge in [-0.3, -0.25) is 0 Å². The molecule has 1 heteroatoms. The van der Waals surface area contributed by atoms with E-state index in [2.05, 4.69) is 19.9 Å². The van der Waals surface area contributed by atoms with E-state index in [1.807, 2.05) is 12.1 Å². The van der Waals surface area contributed by atoms with Gasteiger partial charge in [0.25, 0.3) is 0 Å². The Bertz CT molecular complexity index is 418. The van der Waals surface area contributed by atoms with Crippen molar-refractivity contribution >= 4 is 5.83 Å². The fourth-order valence-corrected chi connectivity index (χ4v) is 2.63. The molecule has 0 spiro atoms. The maximum absolute atomic E-state index is 14.1. The lowest BCUT2D eigenvalue weighted by atomic mass is 9.91. The van der Waals surface area contributed by atoms with E-state index in [-0.39, 0.29) is 5.83 Å². The Hall–Kier alpha value is -1.11. The van der Waals surface area contributed by atoms with Crippen molar-refractivity contribution < 1.29 is 4.39 Å². The molecule has 1 aromatic carbocycles. The molecule has 0 bridgehead atoms. The number of rotatable bonds is 0. The largest absolute Gasteiger partial charge is 0.207 e. The second kappa shape index (κ2) is 5.48. The van der Waals surface area contributed by atoms with Crippen molar-refractivity contribution in [3.63, 3.8) is 0 Å². The molecule has 0 amide bonds. The van der Waals surface area contributed by atoms with E-state index in [4.69, 9.17) is 0 Å². The molecule has 0 fully saturated rings. The van der Waals surface area contributed by atoms with Crippen LogP contribution in [-0.2, 0) is 6.42 Å². The van der Waals surface area contributed by atoms with Crippen LogP contribution in [0.5, 0.6) is 0 Å². The van der Waals surface area contributed by atoms with Crippen molar-refractivity contribution in [1.29, 1.82) is 0 Å². The summed E-state index contributed by atoms with van der Waals surface area (Å²) in [5, 5.41) is 0. The van der Waals surface area contributed by atoms with Crippen molar-refractivity contribution in [1.82, 2.24) is 0 Å². The molecule has 1 unspecified atom stereocenters. The lowest BCUT2D eigenvalue weighted by Gasteiger charge is -2.16. The van der Waals surface area contributed by atoms with Gasteiger partial charge in [-0.2, -0.15) is 0 Å². The summed E-state index contributed by atoms with van der Waals surface area (Å²) < 4.78 is 14.1. The quantitative estimate of drug-likeness (QED) is 0.586. The van der Waals surface area contributed by atoms with Crippen molar-refractivity contribution in [2.45, 2.75) is 46.0 Å². The molecule has 0 heterocycles. The maximum atomic E-state index is 14.1. The first kappa shape index (κ1) is 12.3. The molecule has 0 aliphatic heterocycles. The van der Waals surface area contributed by atoms with Crippen molar-refractivity contribution in [2.24, 2.45) is 5.92 Å². The highest BCUT2D eigenvalue weighted by Crippen LogP contribution is 2.28. The topological polar surface area (TPSA) is 0 Å². The standard InChI is InChI=1S/C16H21F/c1-12-6-3-9-14-13(2)8-5-10-15(14)16(17)11-4-7-12/h5,8,10-12H,3-4,6-7,9H2,1-2H3. The highest BCUT2D eigenvalue weighted by molar-refractivity contribution is 5.63. The number of benzene rings is 1. The molecule has 17 heavy (non-hydrogen) atoms. The van der Waals surface area contributed by atoms with Gasteiger partial charge >= 0.3 is 0 Å². The first-order valence-corrected chi connectivity index (χ1v) is 6.63. The second-order valence-electron chi connectivity index (χ2n) is 5.23. The van der Waals surface area contributed by atoms with Gasteiger partial charge < -0.3 is 0 Å². The normalized spacial score (nSPS) is 21.6. The number of halogens is 1. The van der Waals surface area contributed by atoms with Gasteiger partial charge in [0.05, 0.1) is 0 Å². The van der Waals surface area contributed by atoms with Crippen LogP contribution >= 0.6 is 0 Å². The van der Waals surface area contributed by atoms with Gasteiger partial charge in [-0.25, -0.2) is 4.39 Å². The fourth-order valence-electron chi connectivity index (χ4n) is 2.63. The molecule has 1 aliphatic rings. The predicted molar refractivity (Wildman–Crippen MR) is 71.6 cm³/mol. The third-order valence-electron chi connectivity index (χ3n) is 3.77. The second-order valence-corrected chi connectivity index (χ2v) is 5.23. The average Bonchev–Trinajstić information content (AvgIpc) is 2.30. The summed E-state index contributed by atoms with van der Waals surface area (Å²) in [6.07, 6.45) is 7.16. The average molecular weight is 232 g/mol. The predicted octanol–water partition coefficient (Wildman–Crippen LogP) is 5.06. The van der Waals surface area contributed by atoms with Gasteiger partial charge in [-0.05, 0) is 55.7 Å². The monoisotopic (exact) mass is 232 g/mol. The summed E-state index contributed by atoms with van der Waals surface area (Å²) >= 11 is 0. The molecule has 1 aromatic rings. The van der Waals surface area contributed by atoms with Crippen LogP contribution in [0, 0.1) is 12.8 Å². The van der Waals surface area contributed by atoms with Gasteiger partial charge in [0.15, 0.2) is 0 Å². The summed E-state index contributed by atoms with van der Waals surface area (Å²) in [5.74, 6) is 0.683. The van der Waals surface area contributed by atoms with Crippen molar-refractivity contribution in [3.05, 3.63) is 41.0 Å². The molecule has 0 saturated carbocycles. The lowest BCUT2D eigenvalue weighted by Crippen LogP contribution is -2.01. The Morgan fingerprint density at radius 2 is 2.06 bits per heavy atom. The van der Waals surface area contributed by atoms with Crippen LogP contribution in [0.25, 0.3) is 5.83 Å². The molecule has 2 rings (SSSR count). The van der Waals surface area contributed by atoms with Crippen LogP contribution in [0.2, 0.25) is 0 Å². The van der Waals surface area contributed by atoms with Crippen LogP contribution in [0.4, 0.5) is 4.39 Å². The fraction of sp³-hybridized carbons (Fsp3) is 0.500. The Morgan fingerprint density at radius 1 is 1.24 bits per heavy atom. The minimum Gasteiger partial charge on any atom is -0.207 e. The number of fused-ring (bicyclic) bond motifs is 1. The van der Waals surface area contributed by atoms with Crippen LogP contribution < -0.4 is 0 Å². The van der Waals surface area contributed by atoms with E-state index < -0.39 is 0 Å². The zero-order valence-corrected chi connectivity index (χ0v) is 10.8. The van der Waals surface area contributed by atoms with Crippen LogP contribution in [0.15, 0.2) is 24.3 Å². The minimum atomic E-state index is -0.0298. The minimum absolute atomic E-state index is 0.0298. The number of hydrogen-bond acceptors (Lipinski definition) is 0. The number of aryl methyl sites for hydroxylation is 1. The Balaban J connectivity index is 2.36. The summed E-state index contributed by atoms with van der Waals surface area (Å²) in [7, 11) is 0. The van der Waals surface area contributed by atoms with Gasteiger partial charge in [-0.15, -0.1) is 0 Å². The van der Waals surface area contributed by atoms with E-state index in [9.17, 15) is 4.39 Å². The molecule has 0 aromatic heterocycles. The van der Waals surface area contributed by atoms with Crippen LogP contribution in [0.1, 0.15) is 49.3 Å². The first-order valence-electron chi connectivity index (χ1n) is 6.63. The van der Waals surface area contributed by atoms with Gasteiger partial charge in [0.2, 0.25) is 0 Å². The molecular weight excluding hydrogens is 211 g/mol. The Kier molecular flexibility index (Phi) is 3.98. The van der Waals surface area contributed by atoms with E-state index in [0.717, 1.165) is 24.8 Å². The third kappa shape index (κ3) is 2.96. The molecule has 0 saturated heterocycles. The zero-order chi connectivity index (χ0) is 12.3. The van der Waals surface area contributed by atoms with Crippen molar-refractivity contribution in [2.75, 3.05) is 0 Å².